The summed E-state index contributed by atoms with van der Waals surface area (Å²) in [5.41, 5.74) is 1.52. The molecule has 0 saturated carbocycles. The molecule has 0 saturated heterocycles. The normalized spacial score (nSPS) is 12.2. The summed E-state index contributed by atoms with van der Waals surface area (Å²) in [4.78, 5) is 22.4. The highest BCUT2D eigenvalue weighted by Gasteiger charge is 2.18. The molecule has 3 rings (SSSR count). The average Bonchev–Trinajstić information content (AvgIpc) is 2.76. The number of H-pyrrole nitrogens is 1. The second-order valence-electron chi connectivity index (χ2n) is 6.75. The zero-order valence-corrected chi connectivity index (χ0v) is 17.5. The van der Waals surface area contributed by atoms with Gasteiger partial charge in [0.05, 0.1) is 38.8 Å². The van der Waals surface area contributed by atoms with Crippen molar-refractivity contribution in [3.8, 4) is 17.2 Å². The molecule has 0 aliphatic carbocycles. The van der Waals surface area contributed by atoms with Crippen molar-refractivity contribution in [1.82, 2.24) is 14.9 Å². The zero-order chi connectivity index (χ0) is 21.0. The fourth-order valence-corrected chi connectivity index (χ4v) is 3.42. The number of hydrogen-bond acceptors (Lipinski definition) is 6. The lowest BCUT2D eigenvalue weighted by atomic mass is 10.1. The van der Waals surface area contributed by atoms with Gasteiger partial charge in [0, 0.05) is 12.1 Å². The largest absolute Gasteiger partial charge is 0.497 e. The fourth-order valence-electron chi connectivity index (χ4n) is 3.42. The second-order valence-corrected chi connectivity index (χ2v) is 6.75. The van der Waals surface area contributed by atoms with Crippen LogP contribution in [0.3, 0.4) is 0 Å². The van der Waals surface area contributed by atoms with E-state index in [2.05, 4.69) is 34.8 Å². The topological polar surface area (TPSA) is 76.7 Å². The Morgan fingerprint density at radius 1 is 1.07 bits per heavy atom. The van der Waals surface area contributed by atoms with E-state index in [1.54, 1.807) is 33.5 Å². The highest BCUT2D eigenvalue weighted by molar-refractivity contribution is 5.81. The van der Waals surface area contributed by atoms with Crippen molar-refractivity contribution in [2.45, 2.75) is 26.4 Å². The second kappa shape index (κ2) is 8.96. The summed E-state index contributed by atoms with van der Waals surface area (Å²) in [5.74, 6) is 2.47. The van der Waals surface area contributed by atoms with Crippen LogP contribution in [0, 0.1) is 0 Å². The van der Waals surface area contributed by atoms with Crippen LogP contribution in [-0.4, -0.2) is 42.7 Å². The molecule has 7 heteroatoms. The van der Waals surface area contributed by atoms with Gasteiger partial charge in [-0.15, -0.1) is 0 Å². The molecule has 1 N–H and O–H groups in total. The first kappa shape index (κ1) is 20.7. The molecule has 0 fully saturated rings. The molecule has 2 aromatic carbocycles. The van der Waals surface area contributed by atoms with Crippen LogP contribution in [0.1, 0.15) is 31.3 Å². The molecular formula is C22H27N3O4. The van der Waals surface area contributed by atoms with Crippen molar-refractivity contribution in [2.24, 2.45) is 0 Å². The van der Waals surface area contributed by atoms with Gasteiger partial charge in [0.15, 0.2) is 11.5 Å². The average molecular weight is 397 g/mol. The minimum absolute atomic E-state index is 0.126. The van der Waals surface area contributed by atoms with E-state index >= 15 is 0 Å². The first-order valence-corrected chi connectivity index (χ1v) is 9.53. The van der Waals surface area contributed by atoms with E-state index in [9.17, 15) is 4.79 Å². The maximum atomic E-state index is 12.6. The summed E-state index contributed by atoms with van der Waals surface area (Å²) in [6.07, 6.45) is 0. The van der Waals surface area contributed by atoms with E-state index in [1.165, 1.54) is 0 Å². The number of aromatic nitrogens is 2. The van der Waals surface area contributed by atoms with E-state index < -0.39 is 0 Å². The summed E-state index contributed by atoms with van der Waals surface area (Å²) in [6, 6.07) is 11.5. The monoisotopic (exact) mass is 397 g/mol. The first-order valence-electron chi connectivity index (χ1n) is 9.53. The molecule has 0 bridgehead atoms. The number of aromatic amines is 1. The highest BCUT2D eigenvalue weighted by atomic mass is 16.5. The van der Waals surface area contributed by atoms with Gasteiger partial charge in [-0.3, -0.25) is 9.69 Å². The van der Waals surface area contributed by atoms with Crippen molar-refractivity contribution >= 4 is 10.9 Å². The molecule has 154 valence electrons. The molecule has 1 heterocycles. The van der Waals surface area contributed by atoms with Crippen molar-refractivity contribution in [2.75, 3.05) is 27.9 Å². The number of rotatable bonds is 8. The van der Waals surface area contributed by atoms with Gasteiger partial charge >= 0.3 is 0 Å². The Labute approximate surface area is 170 Å². The molecule has 0 aliphatic rings. The number of nitrogens with zero attached hydrogens (tertiary/aromatic N) is 2. The molecule has 0 radical (unpaired) electrons. The molecule has 29 heavy (non-hydrogen) atoms. The Morgan fingerprint density at radius 3 is 2.45 bits per heavy atom. The van der Waals surface area contributed by atoms with Gasteiger partial charge in [-0.1, -0.05) is 19.1 Å². The third-order valence-corrected chi connectivity index (χ3v) is 5.14. The summed E-state index contributed by atoms with van der Waals surface area (Å²) in [6.45, 7) is 5.52. The van der Waals surface area contributed by atoms with Gasteiger partial charge in [-0.2, -0.15) is 0 Å². The zero-order valence-electron chi connectivity index (χ0n) is 17.5. The van der Waals surface area contributed by atoms with Gasteiger partial charge < -0.3 is 19.2 Å². The Hall–Kier alpha value is -3.06. The number of nitrogens with one attached hydrogen (secondary N) is 1. The van der Waals surface area contributed by atoms with Gasteiger partial charge in [-0.05, 0) is 37.2 Å². The first-order chi connectivity index (χ1) is 14.0. The van der Waals surface area contributed by atoms with Crippen molar-refractivity contribution in [3.63, 3.8) is 0 Å². The number of hydrogen-bond donors (Lipinski definition) is 1. The van der Waals surface area contributed by atoms with Crippen LogP contribution in [0.4, 0.5) is 0 Å². The van der Waals surface area contributed by atoms with E-state index in [0.717, 1.165) is 17.9 Å². The van der Waals surface area contributed by atoms with Crippen LogP contribution in [0.2, 0.25) is 0 Å². The van der Waals surface area contributed by atoms with E-state index in [-0.39, 0.29) is 11.6 Å². The van der Waals surface area contributed by atoms with Crippen LogP contribution < -0.4 is 19.8 Å². The number of benzene rings is 2. The SMILES string of the molecule is CCN(Cc1nc2cc(OC)c(OC)cc2c(=O)[nH]1)C(C)c1cccc(OC)c1. The molecule has 0 spiro atoms. The predicted octanol–water partition coefficient (Wildman–Crippen LogP) is 3.53. The molecule has 0 aliphatic heterocycles. The molecule has 1 unspecified atom stereocenters. The molecule has 1 aromatic heterocycles. The summed E-state index contributed by atoms with van der Waals surface area (Å²) >= 11 is 0. The van der Waals surface area contributed by atoms with Crippen molar-refractivity contribution in [1.29, 1.82) is 0 Å². The lowest BCUT2D eigenvalue weighted by Crippen LogP contribution is -2.28. The standard InChI is InChI=1S/C22H27N3O4/c1-6-25(14(2)15-8-7-9-16(10-15)27-3)13-21-23-18-12-20(29-5)19(28-4)11-17(18)22(26)24-21/h7-12,14H,6,13H2,1-5H3,(H,23,24,26). The Bertz CT molecular complexity index is 1050. The van der Waals surface area contributed by atoms with Crippen LogP contribution in [0.25, 0.3) is 10.9 Å². The molecule has 3 aromatic rings. The Balaban J connectivity index is 1.93. The molecule has 0 amide bonds. The Kier molecular flexibility index (Phi) is 6.39. The Morgan fingerprint density at radius 2 is 1.79 bits per heavy atom. The maximum Gasteiger partial charge on any atom is 0.258 e. The minimum Gasteiger partial charge on any atom is -0.497 e. The number of methoxy groups -OCH3 is 3. The lowest BCUT2D eigenvalue weighted by Gasteiger charge is -2.28. The summed E-state index contributed by atoms with van der Waals surface area (Å²) in [5, 5.41) is 0.468. The van der Waals surface area contributed by atoms with E-state index in [1.807, 2.05) is 18.2 Å². The van der Waals surface area contributed by atoms with Gasteiger partial charge in [-0.25, -0.2) is 4.98 Å². The van der Waals surface area contributed by atoms with Gasteiger partial charge in [0.25, 0.3) is 5.56 Å². The van der Waals surface area contributed by atoms with Crippen LogP contribution >= 0.6 is 0 Å². The fraction of sp³-hybridized carbons (Fsp3) is 0.364. The summed E-state index contributed by atoms with van der Waals surface area (Å²) < 4.78 is 16.0. The number of fused-ring (bicyclic) bond motifs is 1. The van der Waals surface area contributed by atoms with Crippen molar-refractivity contribution in [3.05, 3.63) is 58.1 Å². The maximum absolute atomic E-state index is 12.6. The quantitative estimate of drug-likeness (QED) is 0.627. The highest BCUT2D eigenvalue weighted by Crippen LogP contribution is 2.30. The van der Waals surface area contributed by atoms with E-state index in [4.69, 9.17) is 14.2 Å². The van der Waals surface area contributed by atoms with Gasteiger partial charge in [0.1, 0.15) is 11.6 Å². The van der Waals surface area contributed by atoms with Crippen LogP contribution in [0.15, 0.2) is 41.2 Å². The third kappa shape index (κ3) is 4.35. The van der Waals surface area contributed by atoms with Crippen LogP contribution in [-0.2, 0) is 6.54 Å². The molecule has 1 atom stereocenters. The van der Waals surface area contributed by atoms with Crippen LogP contribution in [0.5, 0.6) is 17.2 Å². The molecular weight excluding hydrogens is 370 g/mol. The number of ether oxygens (including phenoxy) is 3. The lowest BCUT2D eigenvalue weighted by molar-refractivity contribution is 0.207. The minimum atomic E-state index is -0.198. The van der Waals surface area contributed by atoms with E-state index in [0.29, 0.717) is 34.8 Å². The smallest absolute Gasteiger partial charge is 0.258 e. The third-order valence-electron chi connectivity index (χ3n) is 5.14. The molecule has 7 nitrogen and oxygen atoms in total. The van der Waals surface area contributed by atoms with Crippen molar-refractivity contribution < 1.29 is 14.2 Å². The van der Waals surface area contributed by atoms with Gasteiger partial charge in [0.2, 0.25) is 0 Å². The predicted molar refractivity (Wildman–Crippen MR) is 113 cm³/mol. The summed E-state index contributed by atoms with van der Waals surface area (Å²) in [7, 11) is 4.76.